The van der Waals surface area contributed by atoms with Crippen LogP contribution in [0.3, 0.4) is 0 Å². The van der Waals surface area contributed by atoms with E-state index >= 15 is 0 Å². The third kappa shape index (κ3) is 27.2. The number of unbranched alkanes of at least 4 members (excludes halogenated alkanes) is 10. The zero-order chi connectivity index (χ0) is 64.9. The summed E-state index contributed by atoms with van der Waals surface area (Å²) in [5.41, 5.74) is 1.97. The topological polar surface area (TPSA) is 75.3 Å². The van der Waals surface area contributed by atoms with Gasteiger partial charge in [0.15, 0.2) is 6.29 Å². The van der Waals surface area contributed by atoms with E-state index in [9.17, 15) is 4.79 Å². The molecule has 8 heteroatoms. The molecule has 1 fully saturated rings. The number of benzene rings is 4. The Bertz CT molecular complexity index is 3790. The number of carbonyl (C=O) groups excluding carboxylic acids is 1. The van der Waals surface area contributed by atoms with Crippen molar-refractivity contribution in [1.82, 2.24) is 5.32 Å². The van der Waals surface area contributed by atoms with Crippen molar-refractivity contribution in [3.05, 3.63) is 145 Å². The molecule has 2 unspecified atom stereocenters. The first-order chi connectivity index (χ1) is 44.5. The van der Waals surface area contributed by atoms with Crippen molar-refractivity contribution in [2.24, 2.45) is 17.8 Å². The van der Waals surface area contributed by atoms with Gasteiger partial charge in [0.1, 0.15) is 12.2 Å². The van der Waals surface area contributed by atoms with Crippen molar-refractivity contribution < 1.29 is 62.4 Å². The van der Waals surface area contributed by atoms with E-state index in [0.717, 1.165) is 30.4 Å². The first-order valence-corrected chi connectivity index (χ1v) is 33.6. The molecule has 0 aromatic heterocycles. The first-order valence-electron chi connectivity index (χ1n) is 31.7. The van der Waals surface area contributed by atoms with Crippen molar-refractivity contribution >= 4 is 24.6 Å². The van der Waals surface area contributed by atoms with Crippen LogP contribution in [0.15, 0.2) is 133 Å². The summed E-state index contributed by atoms with van der Waals surface area (Å²) in [5.74, 6) is 61.9. The molecule has 4 aromatic carbocycles. The molecule has 1 aliphatic heterocycles. The molecular formula is C83H133NO6Si. The largest absolute Gasteiger partial charge is 0.405 e. The molecule has 510 valence electrons. The van der Waals surface area contributed by atoms with Crippen LogP contribution in [0.25, 0.3) is 0 Å². The Hall–Kier alpha value is -9.17. The molecule has 7 nitrogen and oxygen atoms in total. The number of ether oxygens (including phenoxy) is 4. The van der Waals surface area contributed by atoms with Gasteiger partial charge in [-0.2, -0.15) is 0 Å². The van der Waals surface area contributed by atoms with Gasteiger partial charge >= 0.3 is 0 Å². The van der Waals surface area contributed by atoms with Crippen LogP contribution in [0.1, 0.15) is 171 Å². The van der Waals surface area contributed by atoms with Crippen LogP contribution in [-0.4, -0.2) is 58.1 Å². The molecule has 1 N–H and O–H groups in total. The zero-order valence-corrected chi connectivity index (χ0v) is 55.4. The van der Waals surface area contributed by atoms with Gasteiger partial charge in [0, 0.05) is 81.6 Å². The molecule has 5 rings (SSSR count). The van der Waals surface area contributed by atoms with Crippen molar-refractivity contribution in [2.75, 3.05) is 13.2 Å². The van der Waals surface area contributed by atoms with Crippen molar-refractivity contribution in [3.63, 3.8) is 0 Å². The smallest absolute Gasteiger partial charge is 0.297 e. The maximum absolute atomic E-state index is 14.2. The van der Waals surface area contributed by atoms with Crippen LogP contribution in [0, 0.1) is 160 Å². The Balaban J connectivity index is -0.000000209. The number of nitrogens with one attached hydrogen (secondary N) is 1. The molecule has 91 heavy (non-hydrogen) atoms. The van der Waals surface area contributed by atoms with Crippen molar-refractivity contribution in [2.45, 2.75) is 175 Å². The summed E-state index contributed by atoms with van der Waals surface area (Å²) >= 11 is 0. The van der Waals surface area contributed by atoms with Crippen LogP contribution >= 0.6 is 0 Å². The van der Waals surface area contributed by atoms with Gasteiger partial charge in [0.25, 0.3) is 14.2 Å². The van der Waals surface area contributed by atoms with Crippen LogP contribution in [0.2, 0.25) is 5.04 Å². The van der Waals surface area contributed by atoms with Gasteiger partial charge in [-0.15, -0.1) is 0 Å². The van der Waals surface area contributed by atoms with Crippen LogP contribution < -0.4 is 15.7 Å². The molecule has 8 atom stereocenters. The third-order valence-electron chi connectivity index (χ3n) is 15.6. The Labute approximate surface area is 583 Å². The highest BCUT2D eigenvalue weighted by Crippen LogP contribution is 2.40. The van der Waals surface area contributed by atoms with Gasteiger partial charge in [-0.1, -0.05) is 246 Å². The van der Waals surface area contributed by atoms with Crippen molar-refractivity contribution in [1.29, 1.82) is 0 Å². The molecule has 0 spiro atoms. The van der Waals surface area contributed by atoms with E-state index in [-0.39, 0.29) is 76.3 Å². The number of rotatable bonds is 29. The average Bonchev–Trinajstić information content (AvgIpc) is 0.746. The number of allylic oxidation sites excluding steroid dienone is 1. The predicted molar refractivity (Wildman–Crippen MR) is 423 cm³/mol. The lowest BCUT2D eigenvalue weighted by atomic mass is 9.79. The second kappa shape index (κ2) is 43.5. The Morgan fingerprint density at radius 2 is 0.967 bits per heavy atom. The van der Waals surface area contributed by atoms with Gasteiger partial charge in [0.05, 0.1) is 38.6 Å². The lowest BCUT2D eigenvalue weighted by Gasteiger charge is -2.47. The molecule has 0 bridgehead atoms. The summed E-state index contributed by atoms with van der Waals surface area (Å²) in [6.07, 6.45) is 15.3. The predicted octanol–water partition coefficient (Wildman–Crippen LogP) is 18.7. The third-order valence-corrected chi connectivity index (χ3v) is 20.6. The molecule has 0 aliphatic carbocycles. The SMILES string of the molecule is CC#CC#CC#CC#CC#CC#CC#CC#CC#CC#CC#CC#CC(=O)N[C@@H](CO[C@H]1OC(CO[Si](c2ccccc2)(c2ccccc2)C(C)(C)C)[C@H](C)[C@H](C)C1C)[C@H](OCc1ccccc1)[C@@H](C=CCCCCCCCCCCCC)OCc1ccccc1.[HH].[HH].[HH].[HH].[HH].[HH].[HH].[HH].[HH].[HH].[HH].[HH].[HH].[HH].[HH].[HH].[HH].[HH].[HH].[HH].[HH].[HH].[HH].[HH]. The van der Waals surface area contributed by atoms with E-state index < -0.39 is 38.8 Å². The summed E-state index contributed by atoms with van der Waals surface area (Å²) in [4.78, 5) is 14.2. The van der Waals surface area contributed by atoms with E-state index in [4.69, 9.17) is 23.4 Å². The van der Waals surface area contributed by atoms with Crippen molar-refractivity contribution in [3.8, 4) is 142 Å². The summed E-state index contributed by atoms with van der Waals surface area (Å²) in [6.45, 7) is 18.4. The maximum atomic E-state index is 14.2. The monoisotopic (exact) mass is 1270 g/mol. The second-order valence-corrected chi connectivity index (χ2v) is 27.4. The Morgan fingerprint density at radius 1 is 0.549 bits per heavy atom. The summed E-state index contributed by atoms with van der Waals surface area (Å²) in [5, 5.41) is 5.37. The fraction of sp³-hybridized carbons (Fsp3) is 0.386. The van der Waals surface area contributed by atoms with Crippen LogP contribution in [0.5, 0.6) is 0 Å². The van der Waals surface area contributed by atoms with Gasteiger partial charge < -0.3 is 28.7 Å². The summed E-state index contributed by atoms with van der Waals surface area (Å²) in [6, 6.07) is 40.6. The molecule has 1 heterocycles. The number of hydrogen-bond acceptors (Lipinski definition) is 6. The molecule has 1 aliphatic rings. The molecular weight excluding hydrogens is 1130 g/mol. The first kappa shape index (κ1) is 72.6. The minimum Gasteiger partial charge on any atom is -0.405 e. The summed E-state index contributed by atoms with van der Waals surface area (Å²) in [7, 11) is -2.91. The fourth-order valence-electron chi connectivity index (χ4n) is 10.4. The van der Waals surface area contributed by atoms with E-state index in [1.54, 1.807) is 6.92 Å². The molecule has 0 radical (unpaired) electrons. The fourth-order valence-corrected chi connectivity index (χ4v) is 15.0. The normalized spacial score (nSPS) is 16.1. The second-order valence-electron chi connectivity index (χ2n) is 23.1. The number of carbonyl (C=O) groups is 1. The van der Waals surface area contributed by atoms with Gasteiger partial charge in [-0.3, -0.25) is 4.79 Å². The maximum Gasteiger partial charge on any atom is 0.297 e. The average molecular weight is 1270 g/mol. The van der Waals surface area contributed by atoms with Crippen LogP contribution in [-0.2, 0) is 41.4 Å². The van der Waals surface area contributed by atoms with Gasteiger partial charge in [0.2, 0.25) is 0 Å². The minimum absolute atomic E-state index is 0. The molecule has 1 saturated heterocycles. The Kier molecular flexibility index (Phi) is 34.7. The minimum atomic E-state index is -2.91. The standard InChI is InChI=1S/C83H85NO6Si.24H2/c1-9-11-13-15-17-19-21-23-24-25-26-27-28-29-30-31-32-33-35-37-39-41-55-65-80(85)84-77(68-88-82-72(5)70(3)71(4)79(90-82)69-89-91(83(6,7)8,75-60-50-44-51-61-75)76-62-52-45-53-63-76)81(87-67-74-58-48-43-49-59-74)78(86-66-73-56-46-42-47-57-73)64-54-40-38-36-34-22-20-18-16-14-12-10-2;;;;;;;;;;;;;;;;;;;;;;;;/h42-54,56-64,70-72,77-79,81-82H,10,12,14,16,18,20,22,34,36,38,40,66-69H2,1-8H3,(H,84,85);24*1H/t70-,71+,72?,77-,78+,79?,81-,82-;;;;;;;;;;;;;;;;;;;;;;;;/m0......................../s1. The lowest BCUT2D eigenvalue weighted by molar-refractivity contribution is -0.257. The van der Waals surface area contributed by atoms with Gasteiger partial charge in [-0.05, 0) is 153 Å². The molecule has 4 aromatic rings. The van der Waals surface area contributed by atoms with Crippen LogP contribution in [0.4, 0.5) is 0 Å². The van der Waals surface area contributed by atoms with E-state index in [1.807, 2.05) is 60.7 Å². The quantitative estimate of drug-likeness (QED) is 0.0253. The van der Waals surface area contributed by atoms with E-state index in [2.05, 4.69) is 269 Å². The highest BCUT2D eigenvalue weighted by atomic mass is 28.4. The molecule has 0 saturated carbocycles. The highest BCUT2D eigenvalue weighted by molar-refractivity contribution is 6.99. The molecule has 1 amide bonds. The Morgan fingerprint density at radius 3 is 1.42 bits per heavy atom. The van der Waals surface area contributed by atoms with E-state index in [0.29, 0.717) is 13.2 Å². The number of hydrogen-bond donors (Lipinski definition) is 1. The zero-order valence-electron chi connectivity index (χ0n) is 54.4. The summed E-state index contributed by atoms with van der Waals surface area (Å²) < 4.78 is 35.5. The lowest BCUT2D eigenvalue weighted by Crippen LogP contribution is -2.67. The van der Waals surface area contributed by atoms with E-state index in [1.165, 1.54) is 61.7 Å². The number of amides is 1. The highest BCUT2D eigenvalue weighted by Gasteiger charge is 2.51. The van der Waals surface area contributed by atoms with Gasteiger partial charge in [-0.25, -0.2) is 0 Å².